The molecule has 1 aromatic carbocycles. The highest BCUT2D eigenvalue weighted by Crippen LogP contribution is 2.22. The Morgan fingerprint density at radius 1 is 1.30 bits per heavy atom. The van der Waals surface area contributed by atoms with Crippen LogP contribution in [0.2, 0.25) is 0 Å². The number of aromatic nitrogens is 3. The van der Waals surface area contributed by atoms with Gasteiger partial charge in [0.15, 0.2) is 0 Å². The van der Waals surface area contributed by atoms with E-state index in [9.17, 15) is 4.79 Å². The second-order valence-corrected chi connectivity index (χ2v) is 8.80. The largest absolute Gasteiger partial charge is 0.444 e. The van der Waals surface area contributed by atoms with Crippen molar-refractivity contribution in [2.45, 2.75) is 51.7 Å². The third kappa shape index (κ3) is 5.18. The van der Waals surface area contributed by atoms with Crippen molar-refractivity contribution >= 4 is 17.0 Å². The Bertz CT molecular complexity index is 996. The molecule has 160 valence electrons. The van der Waals surface area contributed by atoms with E-state index < -0.39 is 5.60 Å². The van der Waals surface area contributed by atoms with Gasteiger partial charge in [0.2, 0.25) is 11.7 Å². The molecule has 2 aromatic heterocycles. The first-order chi connectivity index (χ1) is 14.4. The van der Waals surface area contributed by atoms with Crippen molar-refractivity contribution in [2.75, 3.05) is 19.6 Å². The van der Waals surface area contributed by atoms with Crippen molar-refractivity contribution < 1.29 is 14.1 Å². The van der Waals surface area contributed by atoms with Gasteiger partial charge in [-0.2, -0.15) is 4.98 Å². The first-order valence-corrected chi connectivity index (χ1v) is 10.5. The highest BCUT2D eigenvalue weighted by Gasteiger charge is 2.23. The molecule has 3 aromatic rings. The van der Waals surface area contributed by atoms with Gasteiger partial charge in [0.25, 0.3) is 0 Å². The number of aromatic amines is 1. The highest BCUT2D eigenvalue weighted by molar-refractivity contribution is 5.83. The van der Waals surface area contributed by atoms with Crippen LogP contribution in [-0.4, -0.2) is 57.4 Å². The molecule has 8 heteroatoms. The lowest BCUT2D eigenvalue weighted by atomic mass is 10.1. The van der Waals surface area contributed by atoms with Gasteiger partial charge in [0.1, 0.15) is 5.60 Å². The summed E-state index contributed by atoms with van der Waals surface area (Å²) in [6.45, 7) is 8.32. The molecule has 0 radical (unpaired) electrons. The summed E-state index contributed by atoms with van der Waals surface area (Å²) in [6.07, 6.45) is 4.11. The summed E-state index contributed by atoms with van der Waals surface area (Å²) in [5.74, 6) is 1.26. The second kappa shape index (κ2) is 8.47. The van der Waals surface area contributed by atoms with E-state index >= 15 is 0 Å². The molecular formula is C22H29N5O3. The maximum Gasteiger partial charge on any atom is 0.407 e. The van der Waals surface area contributed by atoms with Gasteiger partial charge >= 0.3 is 6.09 Å². The number of piperidine rings is 1. The number of carbonyl (C=O) groups is 1. The van der Waals surface area contributed by atoms with E-state index in [1.165, 1.54) is 0 Å². The summed E-state index contributed by atoms with van der Waals surface area (Å²) in [4.78, 5) is 22.0. The SMILES string of the molecule is CC(C)(C)OC(=O)NC1CCN(CCc2nc(-c3ccc4cc[nH]c4c3)no2)CC1. The van der Waals surface area contributed by atoms with Crippen LogP contribution in [0.4, 0.5) is 4.79 Å². The molecule has 30 heavy (non-hydrogen) atoms. The first kappa shape index (κ1) is 20.4. The fraction of sp³-hybridized carbons (Fsp3) is 0.500. The second-order valence-electron chi connectivity index (χ2n) is 8.80. The van der Waals surface area contributed by atoms with E-state index in [1.807, 2.05) is 51.2 Å². The third-order valence-electron chi connectivity index (χ3n) is 5.23. The Balaban J connectivity index is 1.24. The average Bonchev–Trinajstić information content (AvgIpc) is 3.34. The van der Waals surface area contributed by atoms with E-state index in [2.05, 4.69) is 25.3 Å². The number of rotatable bonds is 5. The van der Waals surface area contributed by atoms with Crippen LogP contribution in [0, 0.1) is 0 Å². The van der Waals surface area contributed by atoms with E-state index in [0.29, 0.717) is 18.1 Å². The molecule has 4 rings (SSSR count). The Hall–Kier alpha value is -2.87. The Morgan fingerprint density at radius 3 is 2.87 bits per heavy atom. The predicted octanol–water partition coefficient (Wildman–Crippen LogP) is 3.75. The molecular weight excluding hydrogens is 382 g/mol. The van der Waals surface area contributed by atoms with E-state index in [1.54, 1.807) is 0 Å². The van der Waals surface area contributed by atoms with Gasteiger partial charge < -0.3 is 24.5 Å². The minimum Gasteiger partial charge on any atom is -0.444 e. The van der Waals surface area contributed by atoms with Crippen LogP contribution >= 0.6 is 0 Å². The lowest BCUT2D eigenvalue weighted by Crippen LogP contribution is -2.46. The van der Waals surface area contributed by atoms with Gasteiger partial charge in [-0.1, -0.05) is 17.3 Å². The standard InChI is InChI=1S/C22H29N5O3/c1-22(2,3)29-21(28)24-17-7-11-27(12-8-17)13-9-19-25-20(26-30-19)16-5-4-15-6-10-23-18(15)14-16/h4-6,10,14,17,23H,7-9,11-13H2,1-3H3,(H,24,28). The van der Waals surface area contributed by atoms with Crippen molar-refractivity contribution in [2.24, 2.45) is 0 Å². The summed E-state index contributed by atoms with van der Waals surface area (Å²) in [5.41, 5.74) is 1.52. The molecule has 2 N–H and O–H groups in total. The van der Waals surface area contributed by atoms with Gasteiger partial charge in [-0.3, -0.25) is 0 Å². The fourth-order valence-electron chi connectivity index (χ4n) is 3.69. The number of ether oxygens (including phenoxy) is 1. The van der Waals surface area contributed by atoms with Gasteiger partial charge in [-0.15, -0.1) is 0 Å². The quantitative estimate of drug-likeness (QED) is 0.664. The van der Waals surface area contributed by atoms with Crippen molar-refractivity contribution in [3.63, 3.8) is 0 Å². The van der Waals surface area contributed by atoms with Crippen molar-refractivity contribution in [3.05, 3.63) is 36.4 Å². The van der Waals surface area contributed by atoms with E-state index in [4.69, 9.17) is 9.26 Å². The molecule has 1 fully saturated rings. The average molecular weight is 412 g/mol. The summed E-state index contributed by atoms with van der Waals surface area (Å²) in [7, 11) is 0. The molecule has 1 aliphatic heterocycles. The van der Waals surface area contributed by atoms with Gasteiger partial charge in [0.05, 0.1) is 0 Å². The minimum atomic E-state index is -0.471. The molecule has 0 spiro atoms. The molecule has 0 saturated carbocycles. The number of nitrogens with one attached hydrogen (secondary N) is 2. The summed E-state index contributed by atoms with van der Waals surface area (Å²) < 4.78 is 10.8. The third-order valence-corrected chi connectivity index (χ3v) is 5.23. The first-order valence-electron chi connectivity index (χ1n) is 10.5. The van der Waals surface area contributed by atoms with Crippen molar-refractivity contribution in [1.82, 2.24) is 25.3 Å². The minimum absolute atomic E-state index is 0.161. The molecule has 1 saturated heterocycles. The zero-order chi connectivity index (χ0) is 21.1. The van der Waals surface area contributed by atoms with Crippen LogP contribution < -0.4 is 5.32 Å². The molecule has 1 amide bonds. The van der Waals surface area contributed by atoms with Crippen LogP contribution in [0.25, 0.3) is 22.3 Å². The predicted molar refractivity (Wildman–Crippen MR) is 114 cm³/mol. The number of hydrogen-bond donors (Lipinski definition) is 2. The smallest absolute Gasteiger partial charge is 0.407 e. The number of fused-ring (bicyclic) bond motifs is 1. The number of nitrogens with zero attached hydrogens (tertiary/aromatic N) is 3. The van der Waals surface area contributed by atoms with Gasteiger partial charge in [0, 0.05) is 49.4 Å². The van der Waals surface area contributed by atoms with Gasteiger partial charge in [-0.25, -0.2) is 4.79 Å². The van der Waals surface area contributed by atoms with Crippen LogP contribution in [0.5, 0.6) is 0 Å². The van der Waals surface area contributed by atoms with E-state index in [0.717, 1.165) is 48.9 Å². The topological polar surface area (TPSA) is 96.3 Å². The van der Waals surface area contributed by atoms with Crippen molar-refractivity contribution in [1.29, 1.82) is 0 Å². The molecule has 0 unspecified atom stereocenters. The fourth-order valence-corrected chi connectivity index (χ4v) is 3.69. The molecule has 3 heterocycles. The maximum absolute atomic E-state index is 11.9. The monoisotopic (exact) mass is 411 g/mol. The number of carbonyl (C=O) groups excluding carboxylic acids is 1. The zero-order valence-electron chi connectivity index (χ0n) is 17.8. The highest BCUT2D eigenvalue weighted by atomic mass is 16.6. The lowest BCUT2D eigenvalue weighted by molar-refractivity contribution is 0.0479. The molecule has 0 atom stereocenters. The Kier molecular flexibility index (Phi) is 5.76. The van der Waals surface area contributed by atoms with E-state index in [-0.39, 0.29) is 12.1 Å². The Labute approximate surface area is 176 Å². The number of benzene rings is 1. The number of amides is 1. The number of alkyl carbamates (subject to hydrolysis) is 1. The normalized spacial score (nSPS) is 16.1. The molecule has 0 aliphatic carbocycles. The Morgan fingerprint density at radius 2 is 2.10 bits per heavy atom. The number of H-pyrrole nitrogens is 1. The lowest BCUT2D eigenvalue weighted by Gasteiger charge is -2.32. The van der Waals surface area contributed by atoms with Crippen LogP contribution in [0.15, 0.2) is 35.0 Å². The molecule has 8 nitrogen and oxygen atoms in total. The zero-order valence-corrected chi connectivity index (χ0v) is 17.8. The van der Waals surface area contributed by atoms with Gasteiger partial charge in [-0.05, 0) is 51.1 Å². The summed E-state index contributed by atoms with van der Waals surface area (Å²) in [5, 5.41) is 8.27. The van der Waals surface area contributed by atoms with Crippen molar-refractivity contribution in [3.8, 4) is 11.4 Å². The molecule has 1 aliphatic rings. The van der Waals surface area contributed by atoms with Crippen LogP contribution in [-0.2, 0) is 11.2 Å². The number of likely N-dealkylation sites (tertiary alicyclic amines) is 1. The van der Waals surface area contributed by atoms with Crippen LogP contribution in [0.1, 0.15) is 39.5 Å². The number of hydrogen-bond acceptors (Lipinski definition) is 6. The van der Waals surface area contributed by atoms with Crippen LogP contribution in [0.3, 0.4) is 0 Å². The molecule has 0 bridgehead atoms. The maximum atomic E-state index is 11.9. The summed E-state index contributed by atoms with van der Waals surface area (Å²) >= 11 is 0. The summed E-state index contributed by atoms with van der Waals surface area (Å²) in [6, 6.07) is 8.29.